The van der Waals surface area contributed by atoms with Gasteiger partial charge in [0.2, 0.25) is 0 Å². The number of fused-ring (bicyclic) bond motifs is 1. The molecule has 1 aliphatic heterocycles. The van der Waals surface area contributed by atoms with E-state index in [1.807, 2.05) is 0 Å². The van der Waals surface area contributed by atoms with Crippen molar-refractivity contribution in [3.8, 4) is 11.4 Å². The zero-order valence-corrected chi connectivity index (χ0v) is 24.0. The van der Waals surface area contributed by atoms with Gasteiger partial charge < -0.3 is 15.0 Å². The first kappa shape index (κ1) is 28.6. The van der Waals surface area contributed by atoms with Crippen molar-refractivity contribution < 1.29 is 23.1 Å². The lowest BCUT2D eigenvalue weighted by Crippen LogP contribution is -2.41. The number of hydrogen-bond acceptors (Lipinski definition) is 4. The van der Waals surface area contributed by atoms with Crippen LogP contribution in [0.5, 0.6) is 5.75 Å². The van der Waals surface area contributed by atoms with Gasteiger partial charge in [0.05, 0.1) is 30.1 Å². The van der Waals surface area contributed by atoms with Crippen LogP contribution in [0.25, 0.3) is 5.69 Å². The van der Waals surface area contributed by atoms with Crippen molar-refractivity contribution in [2.45, 2.75) is 25.6 Å². The number of carbonyl (C=O) groups is 2. The summed E-state index contributed by atoms with van der Waals surface area (Å²) in [5, 5.41) is 2.78. The number of alkyl halides is 2. The molecule has 0 spiro atoms. The van der Waals surface area contributed by atoms with Crippen LogP contribution in [0.4, 0.5) is 8.78 Å². The normalized spacial score (nSPS) is 13.6. The number of hydrogen-bond donors (Lipinski definition) is 1. The Morgan fingerprint density at radius 3 is 2.37 bits per heavy atom. The minimum Gasteiger partial charge on any atom is -0.497 e. The maximum atomic E-state index is 14.2. The number of halogens is 4. The molecule has 8 nitrogen and oxygen atoms in total. The molecule has 2 amide bonds. The highest BCUT2D eigenvalue weighted by molar-refractivity contribution is 9.10. The molecule has 1 N–H and O–H groups in total. The van der Waals surface area contributed by atoms with Gasteiger partial charge in [-0.3, -0.25) is 18.7 Å². The predicted molar refractivity (Wildman–Crippen MR) is 153 cm³/mol. The first-order valence-corrected chi connectivity index (χ1v) is 13.7. The number of benzene rings is 3. The Kier molecular flexibility index (Phi) is 8.27. The Balaban J connectivity index is 1.58. The minimum atomic E-state index is -2.92. The van der Waals surface area contributed by atoms with E-state index in [-0.39, 0.29) is 42.5 Å². The molecule has 41 heavy (non-hydrogen) atoms. The van der Waals surface area contributed by atoms with Crippen LogP contribution in [-0.2, 0) is 13.1 Å². The highest BCUT2D eigenvalue weighted by Crippen LogP contribution is 2.27. The molecule has 5 rings (SSSR count). The highest BCUT2D eigenvalue weighted by atomic mass is 79.9. The molecule has 0 fully saturated rings. The van der Waals surface area contributed by atoms with Gasteiger partial charge in [-0.15, -0.1) is 0 Å². The van der Waals surface area contributed by atoms with Crippen molar-refractivity contribution in [3.05, 3.63) is 115 Å². The number of methoxy groups -OCH3 is 1. The Morgan fingerprint density at radius 2 is 1.73 bits per heavy atom. The summed E-state index contributed by atoms with van der Waals surface area (Å²) in [4.78, 5) is 42.3. The molecule has 3 aromatic carbocycles. The van der Waals surface area contributed by atoms with Gasteiger partial charge in [-0.2, -0.15) is 0 Å². The van der Waals surface area contributed by atoms with Gasteiger partial charge >= 0.3 is 5.69 Å². The molecule has 0 bridgehead atoms. The number of imidazole rings is 1. The van der Waals surface area contributed by atoms with E-state index >= 15 is 0 Å². The van der Waals surface area contributed by atoms with Gasteiger partial charge in [0, 0.05) is 23.1 Å². The van der Waals surface area contributed by atoms with Crippen molar-refractivity contribution in [2.75, 3.05) is 13.7 Å². The third kappa shape index (κ3) is 5.64. The topological polar surface area (TPSA) is 85.6 Å². The van der Waals surface area contributed by atoms with E-state index < -0.39 is 24.1 Å². The SMILES string of the molecule is COc1ccc(-n2c(C(=O)N[C@H](c3ccccc3)C(F)F)c3n(c2=O)CCN(C(=O)c2ccc(Br)c(Cl)c2)C3)cc1. The second-order valence-electron chi connectivity index (χ2n) is 9.31. The smallest absolute Gasteiger partial charge is 0.333 e. The van der Waals surface area contributed by atoms with Crippen molar-refractivity contribution >= 4 is 39.3 Å². The second-order valence-corrected chi connectivity index (χ2v) is 10.6. The molecule has 1 atom stereocenters. The van der Waals surface area contributed by atoms with Crippen LogP contribution in [-0.4, -0.2) is 45.9 Å². The largest absolute Gasteiger partial charge is 0.497 e. The summed E-state index contributed by atoms with van der Waals surface area (Å²) in [7, 11) is 1.50. The van der Waals surface area contributed by atoms with E-state index in [0.29, 0.717) is 26.5 Å². The van der Waals surface area contributed by atoms with Gasteiger partial charge in [-0.25, -0.2) is 13.6 Å². The van der Waals surface area contributed by atoms with Crippen LogP contribution in [0.2, 0.25) is 5.02 Å². The number of nitrogens with zero attached hydrogens (tertiary/aromatic N) is 3. The van der Waals surface area contributed by atoms with Crippen LogP contribution in [0.15, 0.2) is 82.1 Å². The standard InChI is InChI=1S/C29H24BrClF2N4O4/c1-41-20-10-8-19(9-11-20)37-25(27(38)34-24(26(32)33)17-5-3-2-4-6-17)23-16-35(13-14-36(23)29(37)40)28(39)18-7-12-21(30)22(31)15-18/h2-12,15,24,26H,13-14,16H2,1H3,(H,34,38)/t24-/m1/s1. The molecule has 0 unspecified atom stereocenters. The maximum Gasteiger partial charge on any atom is 0.333 e. The minimum absolute atomic E-state index is 0.0989. The average Bonchev–Trinajstić information content (AvgIpc) is 3.28. The van der Waals surface area contributed by atoms with E-state index in [0.717, 1.165) is 0 Å². The zero-order chi connectivity index (χ0) is 29.3. The lowest BCUT2D eigenvalue weighted by atomic mass is 10.1. The fraction of sp³-hybridized carbons (Fsp3) is 0.207. The number of carbonyl (C=O) groups excluding carboxylic acids is 2. The summed E-state index contributed by atoms with van der Waals surface area (Å²) < 4.78 is 36.7. The lowest BCUT2D eigenvalue weighted by Gasteiger charge is -2.28. The van der Waals surface area contributed by atoms with Gasteiger partial charge in [0.1, 0.15) is 17.5 Å². The summed E-state index contributed by atoms with van der Waals surface area (Å²) in [6.45, 7) is 0.194. The molecule has 0 aliphatic carbocycles. The average molecular weight is 646 g/mol. The number of nitrogens with one attached hydrogen (secondary N) is 1. The number of aromatic nitrogens is 2. The van der Waals surface area contributed by atoms with Crippen molar-refractivity contribution in [1.29, 1.82) is 0 Å². The fourth-order valence-electron chi connectivity index (χ4n) is 4.81. The summed E-state index contributed by atoms with van der Waals surface area (Å²) in [5.41, 5.74) is 0.457. The summed E-state index contributed by atoms with van der Waals surface area (Å²) >= 11 is 9.50. The third-order valence-corrected chi connectivity index (χ3v) is 8.11. The van der Waals surface area contributed by atoms with Crippen LogP contribution in [0, 0.1) is 0 Å². The van der Waals surface area contributed by atoms with E-state index in [9.17, 15) is 23.2 Å². The van der Waals surface area contributed by atoms with E-state index in [2.05, 4.69) is 21.2 Å². The van der Waals surface area contributed by atoms with Crippen LogP contribution in [0.1, 0.15) is 38.1 Å². The zero-order valence-electron chi connectivity index (χ0n) is 21.7. The van der Waals surface area contributed by atoms with Gasteiger partial charge in [0.25, 0.3) is 18.2 Å². The second kappa shape index (κ2) is 11.9. The number of ether oxygens (including phenoxy) is 1. The first-order chi connectivity index (χ1) is 19.7. The molecule has 0 saturated heterocycles. The molecule has 4 aromatic rings. The Labute approximate surface area is 247 Å². The molecule has 0 radical (unpaired) electrons. The molecule has 12 heteroatoms. The van der Waals surface area contributed by atoms with Gasteiger partial charge in [-0.05, 0) is 64.0 Å². The number of rotatable bonds is 7. The Morgan fingerprint density at radius 1 is 1.02 bits per heavy atom. The quantitative estimate of drug-likeness (QED) is 0.290. The Hall–Kier alpha value is -3.96. The summed E-state index contributed by atoms with van der Waals surface area (Å²) in [5.74, 6) is -0.693. The lowest BCUT2D eigenvalue weighted by molar-refractivity contribution is 0.0697. The molecular formula is C29H24BrClF2N4O4. The molecule has 1 aromatic heterocycles. The Bertz CT molecular complexity index is 1660. The van der Waals surface area contributed by atoms with Crippen molar-refractivity contribution in [2.24, 2.45) is 0 Å². The van der Waals surface area contributed by atoms with Crippen LogP contribution < -0.4 is 15.7 Å². The summed E-state index contributed by atoms with van der Waals surface area (Å²) in [6.07, 6.45) is -2.92. The van der Waals surface area contributed by atoms with E-state index in [4.69, 9.17) is 16.3 Å². The van der Waals surface area contributed by atoms with Gasteiger partial charge in [-0.1, -0.05) is 41.9 Å². The van der Waals surface area contributed by atoms with Crippen LogP contribution in [0.3, 0.4) is 0 Å². The maximum absolute atomic E-state index is 14.2. The molecule has 0 saturated carbocycles. The van der Waals surface area contributed by atoms with Crippen molar-refractivity contribution in [1.82, 2.24) is 19.4 Å². The number of amides is 2. The third-order valence-electron chi connectivity index (χ3n) is 6.88. The highest BCUT2D eigenvalue weighted by Gasteiger charge is 2.34. The van der Waals surface area contributed by atoms with E-state index in [1.54, 1.807) is 54.6 Å². The van der Waals surface area contributed by atoms with Gasteiger partial charge in [0.15, 0.2) is 0 Å². The molecule has 2 heterocycles. The van der Waals surface area contributed by atoms with Crippen molar-refractivity contribution in [3.63, 3.8) is 0 Å². The molecule has 1 aliphatic rings. The molecular weight excluding hydrogens is 622 g/mol. The molecule has 212 valence electrons. The van der Waals surface area contributed by atoms with E-state index in [1.165, 1.54) is 39.3 Å². The summed E-state index contributed by atoms with van der Waals surface area (Å²) in [6, 6.07) is 17.5. The fourth-order valence-corrected chi connectivity index (χ4v) is 5.24. The van der Waals surface area contributed by atoms with Crippen LogP contribution >= 0.6 is 27.5 Å². The predicted octanol–water partition coefficient (Wildman–Crippen LogP) is 5.46. The first-order valence-electron chi connectivity index (χ1n) is 12.6. The monoisotopic (exact) mass is 644 g/mol.